The molecule has 0 unspecified atom stereocenters. The lowest BCUT2D eigenvalue weighted by Gasteiger charge is -2.27. The van der Waals surface area contributed by atoms with Crippen LogP contribution in [0.4, 0.5) is 5.00 Å². The van der Waals surface area contributed by atoms with E-state index in [0.717, 1.165) is 42.2 Å². The van der Waals surface area contributed by atoms with E-state index in [9.17, 15) is 4.79 Å². The Bertz CT molecular complexity index is 926. The van der Waals surface area contributed by atoms with Gasteiger partial charge in [-0.2, -0.15) is 5.10 Å². The van der Waals surface area contributed by atoms with Gasteiger partial charge in [0.25, 0.3) is 5.91 Å². The molecule has 3 aromatic rings. The lowest BCUT2D eigenvalue weighted by Crippen LogP contribution is -2.35. The van der Waals surface area contributed by atoms with Gasteiger partial charge < -0.3 is 14.2 Å². The highest BCUT2D eigenvalue weighted by Crippen LogP contribution is 2.25. The Balaban J connectivity index is 1.33. The number of imidazole rings is 1. The van der Waals surface area contributed by atoms with E-state index in [2.05, 4.69) is 26.5 Å². The fourth-order valence-corrected chi connectivity index (χ4v) is 3.79. The number of para-hydroxylation sites is 2. The molecule has 134 valence electrons. The molecule has 0 radical (unpaired) electrons. The Morgan fingerprint density at radius 1 is 1.27 bits per heavy atom. The molecule has 1 aliphatic heterocycles. The van der Waals surface area contributed by atoms with Gasteiger partial charge in [-0.15, -0.1) is 11.3 Å². The number of amides is 1. The van der Waals surface area contributed by atoms with Crippen LogP contribution in [-0.4, -0.2) is 48.0 Å². The predicted molar refractivity (Wildman–Crippen MR) is 103 cm³/mol. The van der Waals surface area contributed by atoms with Crippen molar-refractivity contribution in [3.63, 3.8) is 0 Å². The number of rotatable bonds is 5. The molecular formula is C18H19N5O2S. The molecule has 3 heterocycles. The highest BCUT2D eigenvalue weighted by Gasteiger charge is 2.12. The Hall–Kier alpha value is -2.71. The number of hydrazone groups is 1. The van der Waals surface area contributed by atoms with Gasteiger partial charge in [0.1, 0.15) is 6.54 Å². The van der Waals surface area contributed by atoms with Crippen molar-refractivity contribution in [2.75, 3.05) is 31.2 Å². The maximum atomic E-state index is 12.1. The van der Waals surface area contributed by atoms with Crippen molar-refractivity contribution < 1.29 is 9.53 Å². The molecule has 1 fully saturated rings. The van der Waals surface area contributed by atoms with E-state index < -0.39 is 0 Å². The molecular weight excluding hydrogens is 350 g/mol. The second-order valence-corrected chi connectivity index (χ2v) is 7.02. The van der Waals surface area contributed by atoms with Crippen molar-refractivity contribution in [1.82, 2.24) is 15.0 Å². The number of anilines is 1. The average molecular weight is 369 g/mol. The molecule has 0 spiro atoms. The molecule has 8 heteroatoms. The van der Waals surface area contributed by atoms with E-state index in [1.165, 1.54) is 5.00 Å². The van der Waals surface area contributed by atoms with Crippen molar-refractivity contribution in [3.8, 4) is 0 Å². The fourth-order valence-electron chi connectivity index (χ4n) is 2.86. The van der Waals surface area contributed by atoms with E-state index in [4.69, 9.17) is 4.74 Å². The van der Waals surface area contributed by atoms with Gasteiger partial charge in [-0.25, -0.2) is 10.4 Å². The van der Waals surface area contributed by atoms with Crippen molar-refractivity contribution in [1.29, 1.82) is 0 Å². The maximum Gasteiger partial charge on any atom is 0.260 e. The number of ether oxygens (including phenoxy) is 1. The summed E-state index contributed by atoms with van der Waals surface area (Å²) in [6.45, 7) is 3.53. The van der Waals surface area contributed by atoms with Crippen molar-refractivity contribution in [2.24, 2.45) is 5.10 Å². The lowest BCUT2D eigenvalue weighted by atomic mass is 10.3. The molecule has 0 bridgehead atoms. The summed E-state index contributed by atoms with van der Waals surface area (Å²) < 4.78 is 7.18. The Labute approximate surface area is 154 Å². The zero-order valence-electron chi connectivity index (χ0n) is 14.2. The molecule has 0 saturated carbocycles. The van der Waals surface area contributed by atoms with Gasteiger partial charge in [0.15, 0.2) is 0 Å². The van der Waals surface area contributed by atoms with Gasteiger partial charge in [0.05, 0.1) is 41.8 Å². The van der Waals surface area contributed by atoms with E-state index in [0.29, 0.717) is 0 Å². The van der Waals surface area contributed by atoms with Crippen LogP contribution in [0.1, 0.15) is 4.88 Å². The predicted octanol–water partition coefficient (Wildman–Crippen LogP) is 2.08. The third kappa shape index (κ3) is 3.76. The number of fused-ring (bicyclic) bond motifs is 1. The summed E-state index contributed by atoms with van der Waals surface area (Å²) in [6, 6.07) is 11.8. The number of carbonyl (C=O) groups is 1. The summed E-state index contributed by atoms with van der Waals surface area (Å²) in [5, 5.41) is 5.27. The van der Waals surface area contributed by atoms with Crippen LogP contribution in [-0.2, 0) is 16.1 Å². The van der Waals surface area contributed by atoms with Crippen LogP contribution in [0.25, 0.3) is 11.0 Å². The summed E-state index contributed by atoms with van der Waals surface area (Å²) >= 11 is 1.65. The summed E-state index contributed by atoms with van der Waals surface area (Å²) in [6.07, 6.45) is 3.35. The van der Waals surface area contributed by atoms with Crippen molar-refractivity contribution in [2.45, 2.75) is 6.54 Å². The first-order valence-electron chi connectivity index (χ1n) is 8.44. The first-order chi connectivity index (χ1) is 12.8. The molecule has 1 aromatic carbocycles. The quantitative estimate of drug-likeness (QED) is 0.552. The molecule has 7 nitrogen and oxygen atoms in total. The number of morpholine rings is 1. The Morgan fingerprint density at radius 3 is 3.00 bits per heavy atom. The molecule has 0 aliphatic carbocycles. The molecule has 1 saturated heterocycles. The fraction of sp³-hybridized carbons (Fsp3) is 0.278. The summed E-state index contributed by atoms with van der Waals surface area (Å²) in [7, 11) is 0. The van der Waals surface area contributed by atoms with Crippen molar-refractivity contribution >= 4 is 39.5 Å². The summed E-state index contributed by atoms with van der Waals surface area (Å²) in [4.78, 5) is 19.7. The Kier molecular flexibility index (Phi) is 4.94. The topological polar surface area (TPSA) is 71.8 Å². The smallest absolute Gasteiger partial charge is 0.260 e. The van der Waals surface area contributed by atoms with Gasteiger partial charge in [-0.05, 0) is 24.3 Å². The molecule has 4 rings (SSSR count). The molecule has 2 aromatic heterocycles. The van der Waals surface area contributed by atoms with Gasteiger partial charge in [-0.1, -0.05) is 12.1 Å². The third-order valence-corrected chi connectivity index (χ3v) is 5.24. The van der Waals surface area contributed by atoms with Gasteiger partial charge >= 0.3 is 0 Å². The number of nitrogens with one attached hydrogen (secondary N) is 1. The minimum absolute atomic E-state index is 0.182. The van der Waals surface area contributed by atoms with Crippen LogP contribution in [0.15, 0.2) is 47.8 Å². The average Bonchev–Trinajstić information content (AvgIpc) is 3.30. The van der Waals surface area contributed by atoms with Crippen LogP contribution < -0.4 is 10.3 Å². The van der Waals surface area contributed by atoms with Crippen LogP contribution in [0.5, 0.6) is 0 Å². The lowest BCUT2D eigenvalue weighted by molar-refractivity contribution is -0.121. The number of nitrogens with zero attached hydrogens (tertiary/aromatic N) is 4. The zero-order valence-corrected chi connectivity index (χ0v) is 15.0. The number of thiophene rings is 1. The standard InChI is InChI=1S/C18H19N5O2S/c24-17(12-23-13-19-15-3-1-2-4-16(15)23)21-20-11-14-5-6-18(26-14)22-7-9-25-10-8-22/h1-6,11,13H,7-10,12H2,(H,21,24)/b20-11-. The normalized spacial score (nSPS) is 15.0. The first-order valence-corrected chi connectivity index (χ1v) is 9.25. The second-order valence-electron chi connectivity index (χ2n) is 5.93. The zero-order chi connectivity index (χ0) is 17.8. The van der Waals surface area contributed by atoms with Crippen LogP contribution >= 0.6 is 11.3 Å². The summed E-state index contributed by atoms with van der Waals surface area (Å²) in [5.74, 6) is -0.186. The summed E-state index contributed by atoms with van der Waals surface area (Å²) in [5.41, 5.74) is 4.38. The number of hydrogen-bond acceptors (Lipinski definition) is 6. The van der Waals surface area contributed by atoms with Gasteiger partial charge in [-0.3, -0.25) is 4.79 Å². The SMILES string of the molecule is O=C(Cn1cnc2ccccc21)N/N=C\c1ccc(N2CCOCC2)s1. The molecule has 1 amide bonds. The largest absolute Gasteiger partial charge is 0.378 e. The van der Waals surface area contributed by atoms with E-state index in [1.54, 1.807) is 23.9 Å². The van der Waals surface area contributed by atoms with E-state index in [-0.39, 0.29) is 12.5 Å². The number of aromatic nitrogens is 2. The molecule has 0 atom stereocenters. The van der Waals surface area contributed by atoms with Crippen molar-refractivity contribution in [3.05, 3.63) is 47.6 Å². The molecule has 1 N–H and O–H groups in total. The first kappa shape index (κ1) is 16.7. The van der Waals surface area contributed by atoms with E-state index in [1.807, 2.05) is 34.9 Å². The highest BCUT2D eigenvalue weighted by atomic mass is 32.1. The monoisotopic (exact) mass is 369 g/mol. The Morgan fingerprint density at radius 2 is 2.12 bits per heavy atom. The second kappa shape index (κ2) is 7.67. The minimum atomic E-state index is -0.186. The number of benzene rings is 1. The third-order valence-electron chi connectivity index (χ3n) is 4.16. The highest BCUT2D eigenvalue weighted by molar-refractivity contribution is 7.17. The van der Waals surface area contributed by atoms with Gasteiger partial charge in [0, 0.05) is 18.0 Å². The van der Waals surface area contributed by atoms with Crippen LogP contribution in [0.3, 0.4) is 0 Å². The number of carbonyl (C=O) groups excluding carboxylic acids is 1. The van der Waals surface area contributed by atoms with Crippen LogP contribution in [0, 0.1) is 0 Å². The van der Waals surface area contributed by atoms with E-state index >= 15 is 0 Å². The molecule has 26 heavy (non-hydrogen) atoms. The molecule has 1 aliphatic rings. The van der Waals surface area contributed by atoms with Gasteiger partial charge in [0.2, 0.25) is 0 Å². The van der Waals surface area contributed by atoms with Crippen LogP contribution in [0.2, 0.25) is 0 Å². The number of hydrogen-bond donors (Lipinski definition) is 1. The minimum Gasteiger partial charge on any atom is -0.378 e. The maximum absolute atomic E-state index is 12.1.